The van der Waals surface area contributed by atoms with Crippen molar-refractivity contribution in [2.75, 3.05) is 24.7 Å². The number of phosphoric ester groups is 2. The normalized spacial score (nSPS) is 37.7. The molecule has 0 saturated carbocycles. The molecule has 3 aliphatic heterocycles. The summed E-state index contributed by atoms with van der Waals surface area (Å²) in [6.07, 6.45) is -9.21. The Bertz CT molecular complexity index is 1940. The summed E-state index contributed by atoms with van der Waals surface area (Å²) in [5.74, 6) is -0.250. The fraction of sp³-hybridized carbons (Fsp3) is 0.500. The number of hydrogen-bond donors (Lipinski definition) is 7. The Labute approximate surface area is 248 Å². The summed E-state index contributed by atoms with van der Waals surface area (Å²) in [6.45, 7) is -1.65. The van der Waals surface area contributed by atoms with Gasteiger partial charge in [-0.1, -0.05) is 0 Å². The minimum Gasteiger partial charge on any atom is -0.387 e. The number of aromatic nitrogens is 8. The van der Waals surface area contributed by atoms with E-state index in [0.29, 0.717) is 0 Å². The summed E-state index contributed by atoms with van der Waals surface area (Å²) >= 11 is 0. The van der Waals surface area contributed by atoms with Gasteiger partial charge in [0.25, 0.3) is 5.56 Å². The average molecular weight is 674 g/mol. The molecule has 242 valence electrons. The fourth-order valence-corrected chi connectivity index (χ4v) is 7.19. The third-order valence-electron chi connectivity index (χ3n) is 7.32. The van der Waals surface area contributed by atoms with Crippen molar-refractivity contribution >= 4 is 49.7 Å². The molecule has 0 amide bonds. The van der Waals surface area contributed by atoms with Gasteiger partial charge in [0.15, 0.2) is 35.1 Å². The monoisotopic (exact) mass is 674 g/mol. The number of nitrogens with two attached hydrogens (primary N) is 2. The SMILES string of the molecule is Nc1nc2c(ncn2[C@@H]2O[C@@H]3COP(=O)(O)OC4[C@@H](COP(=O)(O)OC2[C@H]3O)O[C@@H](n2cnc3c(N)ncnc32)[C@H]4O)c(=O)[nH]1. The van der Waals surface area contributed by atoms with Crippen LogP contribution in [0, 0.1) is 0 Å². The van der Waals surface area contributed by atoms with Gasteiger partial charge in [-0.05, 0) is 0 Å². The standard InChI is InChI=1S/C20H24N10O13P2/c21-14-8-15(24-3-23-14)29(4-25-8)18-11(32)12-7(41-18)2-39-45(36,37)43-13-10(31)6(1-38-44(34,35)42-12)40-19(13)30-5-26-9-16(30)27-20(22)28-17(9)33/h3-7,10-13,18-19,31-32H,1-2H2,(H,34,35)(H,36,37)(H2,21,23,24)(H3,22,27,28,33)/t6-,7-,10+,11+,12?,13?,18-,19-/m1/s1. The number of aromatic amines is 1. The predicted molar refractivity (Wildman–Crippen MR) is 143 cm³/mol. The number of aliphatic hydroxyl groups is 2. The van der Waals surface area contributed by atoms with Crippen LogP contribution in [0.1, 0.15) is 12.5 Å². The van der Waals surface area contributed by atoms with Gasteiger partial charge < -0.3 is 40.9 Å². The van der Waals surface area contributed by atoms with Gasteiger partial charge in [-0.15, -0.1) is 0 Å². The predicted octanol–water partition coefficient (Wildman–Crippen LogP) is -2.34. The first-order valence-corrected chi connectivity index (χ1v) is 15.9. The van der Waals surface area contributed by atoms with Crippen molar-refractivity contribution < 1.29 is 56.7 Å². The van der Waals surface area contributed by atoms with Crippen molar-refractivity contribution in [3.63, 3.8) is 0 Å². The van der Waals surface area contributed by atoms with Gasteiger partial charge in [0.1, 0.15) is 48.5 Å². The first-order valence-electron chi connectivity index (χ1n) is 13.0. The number of rotatable bonds is 2. The van der Waals surface area contributed by atoms with Crippen molar-refractivity contribution in [3.8, 4) is 0 Å². The molecule has 7 rings (SSSR count). The van der Waals surface area contributed by atoms with Gasteiger partial charge in [-0.3, -0.25) is 37.0 Å². The van der Waals surface area contributed by atoms with Crippen LogP contribution in [0.5, 0.6) is 0 Å². The van der Waals surface area contributed by atoms with E-state index < -0.39 is 83.5 Å². The number of imidazole rings is 2. The summed E-state index contributed by atoms with van der Waals surface area (Å²) in [5, 5.41) is 22.1. The first-order chi connectivity index (χ1) is 21.3. The Balaban J connectivity index is 1.21. The van der Waals surface area contributed by atoms with Crippen LogP contribution in [-0.4, -0.2) is 109 Å². The van der Waals surface area contributed by atoms with Crippen molar-refractivity contribution in [2.24, 2.45) is 0 Å². The number of anilines is 2. The van der Waals surface area contributed by atoms with Gasteiger partial charge in [0.05, 0.1) is 25.9 Å². The maximum absolute atomic E-state index is 13.2. The molecule has 0 aliphatic carbocycles. The second-order valence-corrected chi connectivity index (χ2v) is 13.0. The highest BCUT2D eigenvalue weighted by Crippen LogP contribution is 2.53. The average Bonchev–Trinajstić information content (AvgIpc) is 3.72. The van der Waals surface area contributed by atoms with E-state index in [1.807, 2.05) is 0 Å². The number of fused-ring (bicyclic) bond motifs is 5. The van der Waals surface area contributed by atoms with Crippen LogP contribution in [0.3, 0.4) is 0 Å². The van der Waals surface area contributed by atoms with Crippen molar-refractivity contribution in [1.82, 2.24) is 39.0 Å². The highest BCUT2D eigenvalue weighted by atomic mass is 31.2. The zero-order valence-electron chi connectivity index (χ0n) is 22.4. The number of nitrogens with one attached hydrogen (secondary N) is 1. The third kappa shape index (κ3) is 5.31. The van der Waals surface area contributed by atoms with Crippen molar-refractivity contribution in [1.29, 1.82) is 0 Å². The van der Waals surface area contributed by atoms with E-state index in [4.69, 9.17) is 39.0 Å². The van der Waals surface area contributed by atoms with E-state index in [1.54, 1.807) is 0 Å². The lowest BCUT2D eigenvalue weighted by molar-refractivity contribution is -0.0672. The number of aliphatic hydroxyl groups excluding tert-OH is 2. The zero-order chi connectivity index (χ0) is 31.8. The molecule has 25 heteroatoms. The van der Waals surface area contributed by atoms with Gasteiger partial charge >= 0.3 is 15.6 Å². The van der Waals surface area contributed by atoms with Gasteiger partial charge in [0, 0.05) is 0 Å². The van der Waals surface area contributed by atoms with Gasteiger partial charge in [-0.2, -0.15) is 4.98 Å². The fourth-order valence-electron chi connectivity index (χ4n) is 5.30. The summed E-state index contributed by atoms with van der Waals surface area (Å²) in [7, 11) is -10.2. The second-order valence-electron chi connectivity index (χ2n) is 10.1. The molecule has 9 N–H and O–H groups in total. The number of ether oxygens (including phenoxy) is 2. The number of phosphoric acid groups is 2. The largest absolute Gasteiger partial charge is 0.472 e. The molecule has 3 aliphatic rings. The van der Waals surface area contributed by atoms with Crippen molar-refractivity contribution in [3.05, 3.63) is 29.3 Å². The number of H-pyrrole nitrogens is 1. The van der Waals surface area contributed by atoms with E-state index in [0.717, 1.165) is 17.2 Å². The quantitative estimate of drug-likeness (QED) is 0.109. The van der Waals surface area contributed by atoms with Crippen molar-refractivity contribution in [2.45, 2.75) is 49.1 Å². The molecule has 4 unspecified atom stereocenters. The van der Waals surface area contributed by atoms with Gasteiger partial charge in [0.2, 0.25) is 5.95 Å². The topological polar surface area (TPSA) is 330 Å². The Morgan fingerprint density at radius 1 is 0.822 bits per heavy atom. The Morgan fingerprint density at radius 3 is 2.18 bits per heavy atom. The Morgan fingerprint density at radius 2 is 1.44 bits per heavy atom. The summed E-state index contributed by atoms with van der Waals surface area (Å²) in [5.41, 5.74) is 10.8. The summed E-state index contributed by atoms with van der Waals surface area (Å²) in [4.78, 5) is 55.8. The van der Waals surface area contributed by atoms with E-state index in [2.05, 4.69) is 29.9 Å². The van der Waals surface area contributed by atoms with Gasteiger partial charge in [-0.25, -0.2) is 29.1 Å². The van der Waals surface area contributed by atoms with E-state index in [-0.39, 0.29) is 34.1 Å². The lowest BCUT2D eigenvalue weighted by Crippen LogP contribution is -2.36. The number of nitrogens with zero attached hydrogens (tertiary/aromatic N) is 7. The molecule has 10 atom stereocenters. The van der Waals surface area contributed by atoms with E-state index >= 15 is 0 Å². The lowest BCUT2D eigenvalue weighted by atomic mass is 10.1. The minimum atomic E-state index is -5.11. The first kappa shape index (κ1) is 30.2. The van der Waals surface area contributed by atoms with Crippen LogP contribution >= 0.6 is 15.6 Å². The second kappa shape index (κ2) is 10.8. The van der Waals surface area contributed by atoms with Crippen LogP contribution in [0.25, 0.3) is 22.3 Å². The molecule has 0 radical (unpaired) electrons. The lowest BCUT2D eigenvalue weighted by Gasteiger charge is -2.25. The number of hydrogen-bond acceptors (Lipinski definition) is 18. The Kier molecular flexibility index (Phi) is 7.27. The molecule has 4 aromatic heterocycles. The Hall–Kier alpha value is -3.44. The molecule has 7 heterocycles. The highest BCUT2D eigenvalue weighted by Gasteiger charge is 2.54. The molecule has 0 spiro atoms. The zero-order valence-corrected chi connectivity index (χ0v) is 24.2. The highest BCUT2D eigenvalue weighted by molar-refractivity contribution is 7.47. The molecule has 3 saturated heterocycles. The van der Waals surface area contributed by atoms with Crippen LogP contribution in [0.4, 0.5) is 11.8 Å². The minimum absolute atomic E-state index is 0.0343. The molecule has 45 heavy (non-hydrogen) atoms. The molecule has 23 nitrogen and oxygen atoms in total. The summed E-state index contributed by atoms with van der Waals surface area (Å²) in [6, 6.07) is 0. The molecular weight excluding hydrogens is 650 g/mol. The smallest absolute Gasteiger partial charge is 0.387 e. The molecular formula is C20H24N10O13P2. The van der Waals surface area contributed by atoms with Crippen LogP contribution in [0.2, 0.25) is 0 Å². The van der Waals surface area contributed by atoms with Crippen LogP contribution < -0.4 is 17.0 Å². The molecule has 2 bridgehead atoms. The maximum atomic E-state index is 13.2. The molecule has 0 aromatic carbocycles. The number of nitrogen functional groups attached to an aromatic ring is 2. The van der Waals surface area contributed by atoms with E-state index in [9.17, 15) is 33.9 Å². The molecule has 3 fully saturated rings. The summed E-state index contributed by atoms with van der Waals surface area (Å²) < 4.78 is 61.0. The van der Waals surface area contributed by atoms with Crippen LogP contribution in [-0.2, 0) is 36.7 Å². The maximum Gasteiger partial charge on any atom is 0.472 e. The van der Waals surface area contributed by atoms with Crippen LogP contribution in [0.15, 0.2) is 23.8 Å². The third-order valence-corrected chi connectivity index (χ3v) is 9.29. The van der Waals surface area contributed by atoms with E-state index in [1.165, 1.54) is 10.9 Å². The molecule has 4 aromatic rings.